The number of aromatic nitrogens is 1. The third kappa shape index (κ3) is 2.47. The van der Waals surface area contributed by atoms with Gasteiger partial charge in [0.1, 0.15) is 5.75 Å². The molecule has 1 aliphatic carbocycles. The predicted octanol–water partition coefficient (Wildman–Crippen LogP) is 2.43. The van der Waals surface area contributed by atoms with Crippen LogP contribution >= 0.6 is 0 Å². The summed E-state index contributed by atoms with van der Waals surface area (Å²) in [6.07, 6.45) is 4.66. The van der Waals surface area contributed by atoms with Crippen molar-refractivity contribution in [3.05, 3.63) is 30.0 Å². The Morgan fingerprint density at radius 3 is 3.00 bits per heavy atom. The van der Waals surface area contributed by atoms with Crippen molar-refractivity contribution in [2.75, 3.05) is 20.2 Å². The van der Waals surface area contributed by atoms with E-state index < -0.39 is 11.4 Å². The van der Waals surface area contributed by atoms with E-state index in [1.54, 1.807) is 12.0 Å². The molecule has 1 aliphatic heterocycles. The third-order valence-electron chi connectivity index (χ3n) is 5.97. The molecule has 132 valence electrons. The van der Waals surface area contributed by atoms with E-state index in [1.165, 1.54) is 0 Å². The zero-order valence-corrected chi connectivity index (χ0v) is 14.2. The second-order valence-corrected chi connectivity index (χ2v) is 7.23. The molecular formula is C19H22N2O4. The van der Waals surface area contributed by atoms with Crippen molar-refractivity contribution in [1.29, 1.82) is 0 Å². The van der Waals surface area contributed by atoms with Crippen LogP contribution in [0.25, 0.3) is 10.9 Å². The summed E-state index contributed by atoms with van der Waals surface area (Å²) in [7, 11) is 1.62. The highest BCUT2D eigenvalue weighted by molar-refractivity contribution is 5.90. The quantitative estimate of drug-likeness (QED) is 0.894. The molecule has 1 aromatic heterocycles. The Morgan fingerprint density at radius 1 is 1.44 bits per heavy atom. The Hall–Kier alpha value is -2.50. The number of aromatic amines is 1. The van der Waals surface area contributed by atoms with Gasteiger partial charge in [-0.05, 0) is 42.5 Å². The van der Waals surface area contributed by atoms with Gasteiger partial charge in [-0.25, -0.2) is 0 Å². The largest absolute Gasteiger partial charge is 0.497 e. The number of H-pyrrole nitrogens is 1. The summed E-state index contributed by atoms with van der Waals surface area (Å²) >= 11 is 0. The first-order valence-corrected chi connectivity index (χ1v) is 8.69. The molecule has 0 bridgehead atoms. The molecule has 25 heavy (non-hydrogen) atoms. The number of methoxy groups -OCH3 is 1. The second-order valence-electron chi connectivity index (χ2n) is 7.23. The van der Waals surface area contributed by atoms with Gasteiger partial charge in [-0.3, -0.25) is 9.59 Å². The van der Waals surface area contributed by atoms with E-state index in [-0.39, 0.29) is 18.2 Å². The monoisotopic (exact) mass is 342 g/mol. The Labute approximate surface area is 145 Å². The van der Waals surface area contributed by atoms with Crippen molar-refractivity contribution in [3.8, 4) is 5.75 Å². The van der Waals surface area contributed by atoms with E-state index in [2.05, 4.69) is 4.98 Å². The lowest BCUT2D eigenvalue weighted by Gasteiger charge is -2.23. The molecule has 1 amide bonds. The van der Waals surface area contributed by atoms with Gasteiger partial charge in [0.25, 0.3) is 0 Å². The van der Waals surface area contributed by atoms with E-state index in [4.69, 9.17) is 4.74 Å². The summed E-state index contributed by atoms with van der Waals surface area (Å²) in [6, 6.07) is 5.73. The van der Waals surface area contributed by atoms with Crippen molar-refractivity contribution in [1.82, 2.24) is 9.88 Å². The zero-order chi connectivity index (χ0) is 17.6. The Kier molecular flexibility index (Phi) is 3.71. The number of nitrogens with one attached hydrogen (secondary N) is 1. The van der Waals surface area contributed by atoms with Gasteiger partial charge in [0.05, 0.1) is 18.9 Å². The number of hydrogen-bond acceptors (Lipinski definition) is 3. The highest BCUT2D eigenvalue weighted by atomic mass is 16.5. The van der Waals surface area contributed by atoms with E-state index in [9.17, 15) is 14.7 Å². The lowest BCUT2D eigenvalue weighted by Crippen LogP contribution is -2.37. The van der Waals surface area contributed by atoms with Crippen molar-refractivity contribution in [3.63, 3.8) is 0 Å². The lowest BCUT2D eigenvalue weighted by atomic mass is 9.81. The fourth-order valence-corrected chi connectivity index (χ4v) is 4.53. The predicted molar refractivity (Wildman–Crippen MR) is 92.5 cm³/mol. The number of aliphatic carboxylic acids is 1. The van der Waals surface area contributed by atoms with Gasteiger partial charge in [-0.2, -0.15) is 0 Å². The van der Waals surface area contributed by atoms with Crippen LogP contribution in [0.4, 0.5) is 0 Å². The van der Waals surface area contributed by atoms with Crippen LogP contribution in [0.3, 0.4) is 0 Å². The molecule has 2 aromatic rings. The van der Waals surface area contributed by atoms with Crippen LogP contribution in [0.1, 0.15) is 24.8 Å². The second kappa shape index (κ2) is 5.79. The highest BCUT2D eigenvalue weighted by Gasteiger charge is 2.55. The van der Waals surface area contributed by atoms with Crippen LogP contribution in [0.5, 0.6) is 5.75 Å². The standard InChI is InChI=1S/C19H22N2O4/c1-25-14-4-5-16-15(8-14)12(9-20-16)7-17(22)21-10-13-3-2-6-19(13,11-21)18(23)24/h4-5,8-9,13,20H,2-3,6-7,10-11H2,1H3,(H,23,24)/t13-,19+/m0/s1. The maximum atomic E-state index is 12.8. The maximum absolute atomic E-state index is 12.8. The molecule has 0 spiro atoms. The Bertz CT molecular complexity index is 843. The minimum atomic E-state index is -0.748. The number of likely N-dealkylation sites (tertiary alicyclic amines) is 1. The smallest absolute Gasteiger partial charge is 0.311 e. The van der Waals surface area contributed by atoms with Crippen LogP contribution in [-0.4, -0.2) is 47.1 Å². The van der Waals surface area contributed by atoms with Crippen LogP contribution in [-0.2, 0) is 16.0 Å². The van der Waals surface area contributed by atoms with Crippen molar-refractivity contribution >= 4 is 22.8 Å². The summed E-state index contributed by atoms with van der Waals surface area (Å²) in [4.78, 5) is 29.5. The average molecular weight is 342 g/mol. The SMILES string of the molecule is COc1ccc2[nH]cc(CC(=O)N3C[C@@H]4CCC[C@@]4(C(=O)O)C3)c2c1. The first-order valence-electron chi connectivity index (χ1n) is 8.69. The number of carboxylic acids is 1. The number of benzene rings is 1. The van der Waals surface area contributed by atoms with Crippen molar-refractivity contribution in [2.24, 2.45) is 11.3 Å². The first-order chi connectivity index (χ1) is 12.0. The molecule has 2 heterocycles. The summed E-state index contributed by atoms with van der Waals surface area (Å²) in [5.74, 6) is 0.0965. The highest BCUT2D eigenvalue weighted by Crippen LogP contribution is 2.49. The molecule has 4 rings (SSSR count). The van der Waals surface area contributed by atoms with Crippen LogP contribution in [0.2, 0.25) is 0 Å². The number of carbonyl (C=O) groups excluding carboxylic acids is 1. The van der Waals surface area contributed by atoms with Crippen LogP contribution in [0.15, 0.2) is 24.4 Å². The fraction of sp³-hybridized carbons (Fsp3) is 0.474. The molecule has 2 atom stereocenters. The molecule has 0 unspecified atom stereocenters. The lowest BCUT2D eigenvalue weighted by molar-refractivity contribution is -0.149. The molecule has 2 fully saturated rings. The molecule has 1 saturated heterocycles. The van der Waals surface area contributed by atoms with Crippen LogP contribution in [0, 0.1) is 11.3 Å². The molecule has 6 heteroatoms. The topological polar surface area (TPSA) is 82.6 Å². The Balaban J connectivity index is 1.54. The van der Waals surface area contributed by atoms with E-state index in [0.29, 0.717) is 19.5 Å². The first kappa shape index (κ1) is 16.0. The molecule has 0 radical (unpaired) electrons. The molecule has 6 nitrogen and oxygen atoms in total. The molecular weight excluding hydrogens is 320 g/mol. The summed E-state index contributed by atoms with van der Waals surface area (Å²) in [5, 5.41) is 10.6. The molecule has 1 saturated carbocycles. The fourth-order valence-electron chi connectivity index (χ4n) is 4.53. The normalized spacial score (nSPS) is 25.3. The van der Waals surface area contributed by atoms with Gasteiger partial charge in [0.15, 0.2) is 0 Å². The number of nitrogens with zero attached hydrogens (tertiary/aromatic N) is 1. The number of carbonyl (C=O) groups is 2. The number of hydrogen-bond donors (Lipinski definition) is 2. The van der Waals surface area contributed by atoms with E-state index in [1.807, 2.05) is 24.4 Å². The molecule has 2 aliphatic rings. The van der Waals surface area contributed by atoms with Gasteiger partial charge in [-0.15, -0.1) is 0 Å². The minimum absolute atomic E-state index is 0.00116. The molecule has 1 aromatic carbocycles. The van der Waals surface area contributed by atoms with Gasteiger partial charge >= 0.3 is 5.97 Å². The van der Waals surface area contributed by atoms with Gasteiger partial charge < -0.3 is 19.7 Å². The minimum Gasteiger partial charge on any atom is -0.497 e. The van der Waals surface area contributed by atoms with E-state index >= 15 is 0 Å². The number of rotatable bonds is 4. The number of carboxylic acid groups (broad SMARTS) is 1. The zero-order valence-electron chi connectivity index (χ0n) is 14.2. The number of amides is 1. The van der Waals surface area contributed by atoms with E-state index in [0.717, 1.165) is 35.1 Å². The number of fused-ring (bicyclic) bond motifs is 2. The maximum Gasteiger partial charge on any atom is 0.311 e. The molecule has 2 N–H and O–H groups in total. The van der Waals surface area contributed by atoms with Crippen LogP contribution < -0.4 is 4.74 Å². The summed E-state index contributed by atoms with van der Waals surface area (Å²) in [5.41, 5.74) is 1.16. The van der Waals surface area contributed by atoms with Gasteiger partial charge in [0.2, 0.25) is 5.91 Å². The van der Waals surface area contributed by atoms with Gasteiger partial charge in [0, 0.05) is 30.2 Å². The average Bonchev–Trinajstić information content (AvgIpc) is 3.27. The van der Waals surface area contributed by atoms with Gasteiger partial charge in [-0.1, -0.05) is 6.42 Å². The number of ether oxygens (including phenoxy) is 1. The van der Waals surface area contributed by atoms with Crippen molar-refractivity contribution < 1.29 is 19.4 Å². The summed E-state index contributed by atoms with van der Waals surface area (Å²) in [6.45, 7) is 0.911. The summed E-state index contributed by atoms with van der Waals surface area (Å²) < 4.78 is 5.27. The van der Waals surface area contributed by atoms with Crippen molar-refractivity contribution in [2.45, 2.75) is 25.7 Å². The third-order valence-corrected chi connectivity index (χ3v) is 5.97. The Morgan fingerprint density at radius 2 is 2.28 bits per heavy atom.